The monoisotopic (exact) mass is 304 g/mol. The second kappa shape index (κ2) is 6.71. The minimum atomic E-state index is 0.366. The molecular weight excluding hydrogens is 280 g/mol. The molecule has 0 unspecified atom stereocenters. The van der Waals surface area contributed by atoms with Crippen LogP contribution in [0.1, 0.15) is 37.8 Å². The summed E-state index contributed by atoms with van der Waals surface area (Å²) in [6, 6.07) is 4.79. The number of nitrogens with zero attached hydrogens (tertiary/aromatic N) is 3. The molecule has 0 bridgehead atoms. The number of nitrogens with two attached hydrogens (primary N) is 1. The summed E-state index contributed by atoms with van der Waals surface area (Å²) in [6.45, 7) is 4.84. The SMILES string of the molecule is NC(=S)c1ccc(N2CCC(N3CCCCC3)CC2)cn1. The van der Waals surface area contributed by atoms with Crippen LogP contribution in [0.25, 0.3) is 0 Å². The van der Waals surface area contributed by atoms with Crippen LogP contribution in [0.15, 0.2) is 18.3 Å². The van der Waals surface area contributed by atoms with Gasteiger partial charge in [0.15, 0.2) is 0 Å². The van der Waals surface area contributed by atoms with E-state index in [0.29, 0.717) is 10.7 Å². The summed E-state index contributed by atoms with van der Waals surface area (Å²) in [6.07, 6.45) is 8.59. The van der Waals surface area contributed by atoms with Crippen LogP contribution in [0.4, 0.5) is 5.69 Å². The Bertz CT molecular complexity index is 474. The van der Waals surface area contributed by atoms with E-state index < -0.39 is 0 Å². The van der Waals surface area contributed by atoms with Gasteiger partial charge in [0.2, 0.25) is 0 Å². The number of thiocarbonyl (C=S) groups is 1. The van der Waals surface area contributed by atoms with Crippen molar-refractivity contribution >= 4 is 22.9 Å². The number of anilines is 1. The van der Waals surface area contributed by atoms with Gasteiger partial charge in [-0.15, -0.1) is 0 Å². The Balaban J connectivity index is 1.56. The van der Waals surface area contributed by atoms with E-state index in [4.69, 9.17) is 18.0 Å². The number of aromatic nitrogens is 1. The molecule has 0 aliphatic carbocycles. The summed E-state index contributed by atoms with van der Waals surface area (Å²) in [7, 11) is 0. The second-order valence-corrected chi connectivity index (χ2v) is 6.52. The first-order valence-electron chi connectivity index (χ1n) is 7.99. The lowest BCUT2D eigenvalue weighted by atomic mass is 9.99. The normalized spacial score (nSPS) is 21.4. The molecule has 4 nitrogen and oxygen atoms in total. The third-order valence-electron chi connectivity index (χ3n) is 4.74. The van der Waals surface area contributed by atoms with Gasteiger partial charge in [-0.1, -0.05) is 18.6 Å². The van der Waals surface area contributed by atoms with Crippen molar-refractivity contribution in [2.45, 2.75) is 38.1 Å². The summed E-state index contributed by atoms with van der Waals surface area (Å²) in [5.74, 6) is 0. The summed E-state index contributed by atoms with van der Waals surface area (Å²) >= 11 is 4.95. The standard InChI is InChI=1S/C16H24N4S/c17-16(21)15-5-4-14(12-18-15)20-10-6-13(7-11-20)19-8-2-1-3-9-19/h4-5,12-13H,1-3,6-11H2,(H2,17,21). The van der Waals surface area contributed by atoms with E-state index in [1.54, 1.807) is 0 Å². The van der Waals surface area contributed by atoms with Crippen LogP contribution in [0.3, 0.4) is 0 Å². The number of hydrogen-bond acceptors (Lipinski definition) is 4. The molecule has 0 atom stereocenters. The second-order valence-electron chi connectivity index (χ2n) is 6.08. The molecule has 0 radical (unpaired) electrons. The Morgan fingerprint density at radius 2 is 1.81 bits per heavy atom. The molecule has 1 aromatic heterocycles. The minimum absolute atomic E-state index is 0.366. The Kier molecular flexibility index (Phi) is 4.70. The Labute approximate surface area is 132 Å². The molecule has 0 spiro atoms. The van der Waals surface area contributed by atoms with Gasteiger partial charge in [-0.2, -0.15) is 0 Å². The quantitative estimate of drug-likeness (QED) is 0.867. The van der Waals surface area contributed by atoms with Crippen molar-refractivity contribution in [1.82, 2.24) is 9.88 Å². The van der Waals surface area contributed by atoms with Crippen LogP contribution < -0.4 is 10.6 Å². The Morgan fingerprint density at radius 3 is 2.38 bits per heavy atom. The molecule has 1 aromatic rings. The van der Waals surface area contributed by atoms with E-state index in [0.717, 1.165) is 19.1 Å². The van der Waals surface area contributed by atoms with E-state index in [2.05, 4.69) is 20.9 Å². The van der Waals surface area contributed by atoms with Crippen LogP contribution in [-0.4, -0.2) is 47.1 Å². The number of pyridine rings is 1. The third kappa shape index (κ3) is 3.52. The highest BCUT2D eigenvalue weighted by Crippen LogP contribution is 2.24. The van der Waals surface area contributed by atoms with Crippen molar-refractivity contribution in [1.29, 1.82) is 0 Å². The number of hydrogen-bond donors (Lipinski definition) is 1. The first-order valence-corrected chi connectivity index (χ1v) is 8.40. The number of likely N-dealkylation sites (tertiary alicyclic amines) is 1. The van der Waals surface area contributed by atoms with Crippen molar-refractivity contribution in [2.75, 3.05) is 31.1 Å². The van der Waals surface area contributed by atoms with Gasteiger partial charge in [-0.25, -0.2) is 0 Å². The first kappa shape index (κ1) is 14.7. The number of piperidine rings is 2. The molecule has 2 N–H and O–H groups in total. The van der Waals surface area contributed by atoms with E-state index in [9.17, 15) is 0 Å². The highest BCUT2D eigenvalue weighted by molar-refractivity contribution is 7.80. The maximum Gasteiger partial charge on any atom is 0.122 e. The maximum atomic E-state index is 5.59. The van der Waals surface area contributed by atoms with Gasteiger partial charge in [-0.3, -0.25) is 4.98 Å². The van der Waals surface area contributed by atoms with Gasteiger partial charge >= 0.3 is 0 Å². The van der Waals surface area contributed by atoms with Crippen LogP contribution in [0, 0.1) is 0 Å². The molecule has 5 heteroatoms. The Morgan fingerprint density at radius 1 is 1.10 bits per heavy atom. The van der Waals surface area contributed by atoms with Crippen molar-refractivity contribution in [3.63, 3.8) is 0 Å². The van der Waals surface area contributed by atoms with Crippen molar-refractivity contribution in [2.24, 2.45) is 5.73 Å². The fourth-order valence-electron chi connectivity index (χ4n) is 3.49. The highest BCUT2D eigenvalue weighted by atomic mass is 32.1. The smallest absolute Gasteiger partial charge is 0.122 e. The summed E-state index contributed by atoms with van der Waals surface area (Å²) in [4.78, 5) is 9.84. The van der Waals surface area contributed by atoms with Gasteiger partial charge in [-0.05, 0) is 50.9 Å². The zero-order chi connectivity index (χ0) is 14.7. The van der Waals surface area contributed by atoms with Crippen LogP contribution in [0.2, 0.25) is 0 Å². The minimum Gasteiger partial charge on any atom is -0.388 e. The largest absolute Gasteiger partial charge is 0.388 e. The van der Waals surface area contributed by atoms with Crippen molar-refractivity contribution in [3.05, 3.63) is 24.0 Å². The van der Waals surface area contributed by atoms with Crippen molar-refractivity contribution < 1.29 is 0 Å². The average molecular weight is 304 g/mol. The van der Waals surface area contributed by atoms with Crippen molar-refractivity contribution in [3.8, 4) is 0 Å². The third-order valence-corrected chi connectivity index (χ3v) is 4.95. The predicted octanol–water partition coefficient (Wildman–Crippen LogP) is 2.17. The van der Waals surface area contributed by atoms with Gasteiger partial charge in [0.05, 0.1) is 17.6 Å². The molecule has 2 aliphatic heterocycles. The van der Waals surface area contributed by atoms with Crippen LogP contribution in [-0.2, 0) is 0 Å². The Hall–Kier alpha value is -1.20. The first-order chi connectivity index (χ1) is 10.2. The van der Waals surface area contributed by atoms with Crippen LogP contribution >= 0.6 is 12.2 Å². The lowest BCUT2D eigenvalue weighted by Gasteiger charge is -2.40. The predicted molar refractivity (Wildman–Crippen MR) is 90.8 cm³/mol. The zero-order valence-corrected chi connectivity index (χ0v) is 13.3. The molecule has 0 amide bonds. The van der Waals surface area contributed by atoms with E-state index in [-0.39, 0.29) is 0 Å². The molecule has 0 aromatic carbocycles. The van der Waals surface area contributed by atoms with E-state index in [1.165, 1.54) is 50.9 Å². The van der Waals surface area contributed by atoms with Gasteiger partial charge < -0.3 is 15.5 Å². The molecule has 2 fully saturated rings. The van der Waals surface area contributed by atoms with Crippen LogP contribution in [0.5, 0.6) is 0 Å². The zero-order valence-electron chi connectivity index (χ0n) is 12.5. The topological polar surface area (TPSA) is 45.4 Å². The lowest BCUT2D eigenvalue weighted by molar-refractivity contribution is 0.141. The average Bonchev–Trinajstić information content (AvgIpc) is 2.56. The fraction of sp³-hybridized carbons (Fsp3) is 0.625. The maximum absolute atomic E-state index is 5.59. The molecule has 114 valence electrons. The van der Waals surface area contributed by atoms with E-state index in [1.807, 2.05) is 12.3 Å². The van der Waals surface area contributed by atoms with Gasteiger partial charge in [0.1, 0.15) is 4.99 Å². The van der Waals surface area contributed by atoms with Gasteiger partial charge in [0.25, 0.3) is 0 Å². The fourth-order valence-corrected chi connectivity index (χ4v) is 3.61. The summed E-state index contributed by atoms with van der Waals surface area (Å²) < 4.78 is 0. The van der Waals surface area contributed by atoms with Gasteiger partial charge in [0, 0.05) is 19.1 Å². The summed E-state index contributed by atoms with van der Waals surface area (Å²) in [5, 5.41) is 0. The molecule has 0 saturated carbocycles. The lowest BCUT2D eigenvalue weighted by Crippen LogP contribution is -2.46. The molecule has 3 rings (SSSR count). The molecule has 2 saturated heterocycles. The molecule has 21 heavy (non-hydrogen) atoms. The number of rotatable bonds is 3. The molecule has 3 heterocycles. The van der Waals surface area contributed by atoms with E-state index >= 15 is 0 Å². The molecule has 2 aliphatic rings. The summed E-state index contributed by atoms with van der Waals surface area (Å²) in [5.41, 5.74) is 7.49. The molecular formula is C16H24N4S. The highest BCUT2D eigenvalue weighted by Gasteiger charge is 2.25.